The minimum Gasteiger partial charge on any atom is -0.368 e. The summed E-state index contributed by atoms with van der Waals surface area (Å²) in [7, 11) is 0. The maximum atomic E-state index is 11.4. The van der Waals surface area contributed by atoms with Gasteiger partial charge in [-0.3, -0.25) is 9.59 Å². The third-order valence-corrected chi connectivity index (χ3v) is 1.97. The van der Waals surface area contributed by atoms with Gasteiger partial charge < -0.3 is 11.1 Å². The second kappa shape index (κ2) is 4.95. The first kappa shape index (κ1) is 11.7. The number of amides is 2. The molecule has 0 bridgehead atoms. The molecule has 5 nitrogen and oxygen atoms in total. The molecule has 0 atom stereocenters. The normalized spacial score (nSPS) is 9.73. The fourth-order valence-corrected chi connectivity index (χ4v) is 1.17. The molecule has 0 radical (unpaired) electrons. The Morgan fingerprint density at radius 3 is 2.67 bits per heavy atom. The summed E-state index contributed by atoms with van der Waals surface area (Å²) in [5, 5.41) is 2.54. The zero-order chi connectivity index (χ0) is 11.4. The summed E-state index contributed by atoms with van der Waals surface area (Å²) in [6, 6.07) is 2.89. The van der Waals surface area contributed by atoms with E-state index in [1.165, 1.54) is 12.1 Å². The second-order valence-corrected chi connectivity index (χ2v) is 3.41. The number of primary amides is 1. The van der Waals surface area contributed by atoms with Gasteiger partial charge in [-0.15, -0.1) is 0 Å². The lowest BCUT2D eigenvalue weighted by Gasteiger charge is -2.03. The molecule has 1 aromatic heterocycles. The Balaban J connectivity index is 2.81. The first-order valence-corrected chi connectivity index (χ1v) is 4.65. The standard InChI is InChI=1S/C8H7Cl2N3O2/c9-4-1-2-5(10)13-7(4)8(15)12-3-6(11)14/h1-2H,3H2,(H2,11,14)(H,12,15). The zero-order valence-corrected chi connectivity index (χ0v) is 8.97. The van der Waals surface area contributed by atoms with E-state index in [9.17, 15) is 9.59 Å². The second-order valence-electron chi connectivity index (χ2n) is 2.61. The highest BCUT2D eigenvalue weighted by molar-refractivity contribution is 6.34. The quantitative estimate of drug-likeness (QED) is 0.768. The van der Waals surface area contributed by atoms with Crippen molar-refractivity contribution in [3.05, 3.63) is 28.0 Å². The lowest BCUT2D eigenvalue weighted by molar-refractivity contribution is -0.117. The van der Waals surface area contributed by atoms with Crippen LogP contribution in [0.4, 0.5) is 0 Å². The van der Waals surface area contributed by atoms with Crippen LogP contribution in [0.15, 0.2) is 12.1 Å². The zero-order valence-electron chi connectivity index (χ0n) is 7.46. The minimum atomic E-state index is -0.651. The Morgan fingerprint density at radius 1 is 1.40 bits per heavy atom. The van der Waals surface area contributed by atoms with E-state index in [0.717, 1.165) is 0 Å². The van der Waals surface area contributed by atoms with Gasteiger partial charge in [-0.2, -0.15) is 0 Å². The van der Waals surface area contributed by atoms with Crippen LogP contribution in [-0.4, -0.2) is 23.3 Å². The first-order chi connectivity index (χ1) is 7.00. The van der Waals surface area contributed by atoms with Gasteiger partial charge in [-0.25, -0.2) is 4.98 Å². The van der Waals surface area contributed by atoms with Crippen LogP contribution < -0.4 is 11.1 Å². The van der Waals surface area contributed by atoms with Crippen LogP contribution in [0.1, 0.15) is 10.5 Å². The van der Waals surface area contributed by atoms with Crippen LogP contribution >= 0.6 is 23.2 Å². The van der Waals surface area contributed by atoms with Gasteiger partial charge in [-0.1, -0.05) is 23.2 Å². The minimum absolute atomic E-state index is 0.0367. The number of aromatic nitrogens is 1. The topological polar surface area (TPSA) is 85.1 Å². The van der Waals surface area contributed by atoms with Gasteiger partial charge in [0.25, 0.3) is 5.91 Å². The van der Waals surface area contributed by atoms with Gasteiger partial charge >= 0.3 is 0 Å². The highest BCUT2D eigenvalue weighted by Gasteiger charge is 2.12. The lowest BCUT2D eigenvalue weighted by atomic mass is 10.3. The smallest absolute Gasteiger partial charge is 0.271 e. The molecule has 0 aliphatic heterocycles. The predicted octanol–water partition coefficient (Wildman–Crippen LogP) is 0.603. The Morgan fingerprint density at radius 2 is 2.07 bits per heavy atom. The molecule has 0 fully saturated rings. The van der Waals surface area contributed by atoms with Gasteiger partial charge in [0, 0.05) is 0 Å². The van der Waals surface area contributed by atoms with Crippen molar-refractivity contribution in [1.82, 2.24) is 10.3 Å². The summed E-state index contributed by atoms with van der Waals surface area (Å²) < 4.78 is 0. The summed E-state index contributed by atoms with van der Waals surface area (Å²) in [5.74, 6) is -1.25. The van der Waals surface area contributed by atoms with E-state index in [2.05, 4.69) is 10.3 Å². The third-order valence-electron chi connectivity index (χ3n) is 1.45. The molecule has 2 amide bonds. The maximum Gasteiger partial charge on any atom is 0.271 e. The highest BCUT2D eigenvalue weighted by Crippen LogP contribution is 2.16. The molecule has 1 aromatic rings. The van der Waals surface area contributed by atoms with Crippen molar-refractivity contribution in [2.45, 2.75) is 0 Å². The number of rotatable bonds is 3. The number of carbonyl (C=O) groups excluding carboxylic acids is 2. The highest BCUT2D eigenvalue weighted by atomic mass is 35.5. The molecule has 3 N–H and O–H groups in total. The number of carbonyl (C=O) groups is 2. The average Bonchev–Trinajstić information content (AvgIpc) is 2.18. The van der Waals surface area contributed by atoms with Crippen molar-refractivity contribution >= 4 is 35.0 Å². The van der Waals surface area contributed by atoms with E-state index in [-0.39, 0.29) is 22.4 Å². The SMILES string of the molecule is NC(=O)CNC(=O)c1nc(Cl)ccc1Cl. The number of nitrogens with zero attached hydrogens (tertiary/aromatic N) is 1. The van der Waals surface area contributed by atoms with Gasteiger partial charge in [0.1, 0.15) is 10.8 Å². The molecule has 0 spiro atoms. The van der Waals surface area contributed by atoms with Gasteiger partial charge in [0.2, 0.25) is 5.91 Å². The molecule has 1 heterocycles. The summed E-state index contributed by atoms with van der Waals surface area (Å²) >= 11 is 11.3. The lowest BCUT2D eigenvalue weighted by Crippen LogP contribution is -2.33. The molecule has 0 saturated heterocycles. The van der Waals surface area contributed by atoms with Crippen molar-refractivity contribution in [1.29, 1.82) is 0 Å². The molecule has 0 aliphatic rings. The number of hydrogen-bond donors (Lipinski definition) is 2. The molecule has 1 rings (SSSR count). The largest absolute Gasteiger partial charge is 0.368 e. The number of hydrogen-bond acceptors (Lipinski definition) is 3. The monoisotopic (exact) mass is 247 g/mol. The first-order valence-electron chi connectivity index (χ1n) is 3.89. The molecule has 15 heavy (non-hydrogen) atoms. The van der Waals surface area contributed by atoms with E-state index in [1.807, 2.05) is 0 Å². The van der Waals surface area contributed by atoms with Gasteiger partial charge in [-0.05, 0) is 12.1 Å². The number of pyridine rings is 1. The van der Waals surface area contributed by atoms with Crippen molar-refractivity contribution in [3.63, 3.8) is 0 Å². The van der Waals surface area contributed by atoms with Crippen LogP contribution in [0.5, 0.6) is 0 Å². The summed E-state index contributed by atoms with van der Waals surface area (Å²) in [6.07, 6.45) is 0. The van der Waals surface area contributed by atoms with Crippen molar-refractivity contribution < 1.29 is 9.59 Å². The van der Waals surface area contributed by atoms with E-state index in [4.69, 9.17) is 28.9 Å². The average molecular weight is 248 g/mol. The molecular weight excluding hydrogens is 241 g/mol. The molecule has 0 aromatic carbocycles. The fourth-order valence-electron chi connectivity index (χ4n) is 0.829. The van der Waals surface area contributed by atoms with E-state index >= 15 is 0 Å². The summed E-state index contributed by atoms with van der Waals surface area (Å²) in [6.45, 7) is -0.274. The van der Waals surface area contributed by atoms with Gasteiger partial charge in [0.15, 0.2) is 0 Å². The van der Waals surface area contributed by atoms with Crippen LogP contribution in [0.2, 0.25) is 10.2 Å². The number of nitrogens with two attached hydrogens (primary N) is 1. The summed E-state index contributed by atoms with van der Waals surface area (Å²) in [4.78, 5) is 25.5. The van der Waals surface area contributed by atoms with Crippen LogP contribution in [0, 0.1) is 0 Å². The van der Waals surface area contributed by atoms with Crippen LogP contribution in [0.25, 0.3) is 0 Å². The van der Waals surface area contributed by atoms with E-state index in [1.54, 1.807) is 0 Å². The van der Waals surface area contributed by atoms with E-state index < -0.39 is 11.8 Å². The molecule has 0 unspecified atom stereocenters. The molecular formula is C8H7Cl2N3O2. The molecule has 7 heteroatoms. The number of nitrogens with one attached hydrogen (secondary N) is 1. The summed E-state index contributed by atoms with van der Waals surface area (Å²) in [5.41, 5.74) is 4.82. The van der Waals surface area contributed by atoms with Crippen LogP contribution in [-0.2, 0) is 4.79 Å². The molecule has 80 valence electrons. The predicted molar refractivity (Wildman–Crippen MR) is 55.8 cm³/mol. The Hall–Kier alpha value is -1.33. The Bertz CT molecular complexity index is 409. The number of halogens is 2. The Labute approximate surface area is 95.6 Å². The molecule has 0 aliphatic carbocycles. The Kier molecular flexibility index (Phi) is 3.88. The molecule has 0 saturated carbocycles. The van der Waals surface area contributed by atoms with Gasteiger partial charge in [0.05, 0.1) is 11.6 Å². The third kappa shape index (κ3) is 3.38. The van der Waals surface area contributed by atoms with Crippen molar-refractivity contribution in [2.24, 2.45) is 5.73 Å². The van der Waals surface area contributed by atoms with Crippen molar-refractivity contribution in [2.75, 3.05) is 6.54 Å². The fraction of sp³-hybridized carbons (Fsp3) is 0.125. The van der Waals surface area contributed by atoms with Crippen LogP contribution in [0.3, 0.4) is 0 Å². The van der Waals surface area contributed by atoms with E-state index in [0.29, 0.717) is 0 Å². The van der Waals surface area contributed by atoms with Crippen molar-refractivity contribution in [3.8, 4) is 0 Å². The maximum absolute atomic E-state index is 11.4.